The highest BCUT2D eigenvalue weighted by molar-refractivity contribution is 5.92. The van der Waals surface area contributed by atoms with Crippen molar-refractivity contribution >= 4 is 12.0 Å². The van der Waals surface area contributed by atoms with Crippen LogP contribution in [0.3, 0.4) is 0 Å². The topological polar surface area (TPSA) is 64.2 Å². The van der Waals surface area contributed by atoms with Crippen LogP contribution < -0.4 is 0 Å². The van der Waals surface area contributed by atoms with Crippen LogP contribution in [0.25, 0.3) is 11.8 Å². The van der Waals surface area contributed by atoms with Crippen LogP contribution in [0.4, 0.5) is 0 Å². The monoisotopic (exact) mass is 412 g/mol. The van der Waals surface area contributed by atoms with Gasteiger partial charge in [-0.3, -0.25) is 9.78 Å². The summed E-state index contributed by atoms with van der Waals surface area (Å²) >= 11 is 0. The van der Waals surface area contributed by atoms with Crippen molar-refractivity contribution in [3.05, 3.63) is 108 Å². The van der Waals surface area contributed by atoms with Crippen molar-refractivity contribution < 1.29 is 9.21 Å². The molecule has 4 aromatic rings. The first-order valence-electron chi connectivity index (χ1n) is 10.1. The molecule has 31 heavy (non-hydrogen) atoms. The second-order valence-corrected chi connectivity index (χ2v) is 7.30. The normalized spacial score (nSPS) is 11.2. The molecule has 0 bridgehead atoms. The Bertz CT molecular complexity index is 1160. The number of aryl methyl sites for hydroxylation is 1. The number of carbonyl (C=O) groups excluding carboxylic acids is 1. The number of hydrogen-bond acceptors (Lipinski definition) is 4. The van der Waals surface area contributed by atoms with Crippen LogP contribution in [0, 0.1) is 13.8 Å². The second-order valence-electron chi connectivity index (χ2n) is 7.30. The third-order valence-corrected chi connectivity index (χ3v) is 5.08. The lowest BCUT2D eigenvalue weighted by Crippen LogP contribution is -2.28. The molecule has 6 nitrogen and oxygen atoms in total. The molecule has 156 valence electrons. The Balaban J connectivity index is 1.57. The Labute approximate surface area is 181 Å². The maximum Gasteiger partial charge on any atom is 0.247 e. The molecular formula is C25H24N4O2. The minimum absolute atomic E-state index is 0.105. The predicted molar refractivity (Wildman–Crippen MR) is 119 cm³/mol. The number of rotatable bonds is 7. The van der Waals surface area contributed by atoms with Gasteiger partial charge < -0.3 is 9.32 Å². The van der Waals surface area contributed by atoms with Gasteiger partial charge in [-0.1, -0.05) is 24.3 Å². The van der Waals surface area contributed by atoms with E-state index in [1.807, 2.05) is 79.2 Å². The molecule has 0 aliphatic heterocycles. The predicted octanol–water partition coefficient (Wildman–Crippen LogP) is 4.72. The van der Waals surface area contributed by atoms with Gasteiger partial charge in [0.1, 0.15) is 5.76 Å². The van der Waals surface area contributed by atoms with E-state index in [9.17, 15) is 4.79 Å². The molecule has 3 heterocycles. The van der Waals surface area contributed by atoms with Crippen LogP contribution in [0.2, 0.25) is 0 Å². The molecule has 3 aromatic heterocycles. The Kier molecular flexibility index (Phi) is 6.08. The van der Waals surface area contributed by atoms with Gasteiger partial charge in [-0.2, -0.15) is 5.10 Å². The quantitative estimate of drug-likeness (QED) is 0.412. The fourth-order valence-electron chi connectivity index (χ4n) is 3.49. The van der Waals surface area contributed by atoms with E-state index < -0.39 is 0 Å². The van der Waals surface area contributed by atoms with Crippen LogP contribution in [0.15, 0.2) is 83.7 Å². The van der Waals surface area contributed by atoms with Gasteiger partial charge in [0.25, 0.3) is 0 Å². The standard InChI is InChI=1S/C25H24N4O2/c1-19-24(20(2)29(27-19)22-9-4-3-5-10-22)12-13-25(30)28(18-23-11-7-15-31-23)17-21-8-6-14-26-16-21/h3-16H,17-18H2,1-2H3/b13-12+. The minimum Gasteiger partial charge on any atom is -0.467 e. The first-order valence-corrected chi connectivity index (χ1v) is 10.1. The fourth-order valence-corrected chi connectivity index (χ4v) is 3.49. The number of furan rings is 1. The van der Waals surface area contributed by atoms with Gasteiger partial charge in [-0.15, -0.1) is 0 Å². The smallest absolute Gasteiger partial charge is 0.247 e. The summed E-state index contributed by atoms with van der Waals surface area (Å²) < 4.78 is 7.36. The van der Waals surface area contributed by atoms with Crippen molar-refractivity contribution in [2.75, 3.05) is 0 Å². The molecule has 6 heteroatoms. The number of para-hydroxylation sites is 1. The lowest BCUT2D eigenvalue weighted by Gasteiger charge is -2.20. The van der Waals surface area contributed by atoms with Crippen molar-refractivity contribution in [2.24, 2.45) is 0 Å². The summed E-state index contributed by atoms with van der Waals surface area (Å²) in [5.74, 6) is 0.626. The third-order valence-electron chi connectivity index (χ3n) is 5.08. The van der Waals surface area contributed by atoms with Crippen LogP contribution in [-0.4, -0.2) is 25.6 Å². The molecular weight excluding hydrogens is 388 g/mol. The summed E-state index contributed by atoms with van der Waals surface area (Å²) in [6, 6.07) is 17.5. The summed E-state index contributed by atoms with van der Waals surface area (Å²) in [4.78, 5) is 19.0. The first-order chi connectivity index (χ1) is 15.1. The van der Waals surface area contributed by atoms with Gasteiger partial charge in [-0.25, -0.2) is 4.68 Å². The number of nitrogens with zero attached hydrogens (tertiary/aromatic N) is 4. The van der Waals surface area contributed by atoms with E-state index >= 15 is 0 Å². The average Bonchev–Trinajstić information content (AvgIpc) is 3.41. The number of aromatic nitrogens is 3. The Morgan fingerprint density at radius 2 is 1.90 bits per heavy atom. The maximum absolute atomic E-state index is 13.1. The van der Waals surface area contributed by atoms with Crippen molar-refractivity contribution in [1.82, 2.24) is 19.7 Å². The van der Waals surface area contributed by atoms with Crippen molar-refractivity contribution in [2.45, 2.75) is 26.9 Å². The zero-order valence-corrected chi connectivity index (χ0v) is 17.6. The Morgan fingerprint density at radius 3 is 2.61 bits per heavy atom. The molecule has 0 radical (unpaired) electrons. The largest absolute Gasteiger partial charge is 0.467 e. The highest BCUT2D eigenvalue weighted by Crippen LogP contribution is 2.20. The van der Waals surface area contributed by atoms with Crippen molar-refractivity contribution in [3.8, 4) is 5.69 Å². The van der Waals surface area contributed by atoms with Crippen molar-refractivity contribution in [3.63, 3.8) is 0 Å². The number of benzene rings is 1. The number of pyridine rings is 1. The van der Waals surface area contributed by atoms with Gasteiger partial charge >= 0.3 is 0 Å². The summed E-state index contributed by atoms with van der Waals surface area (Å²) in [5, 5.41) is 4.65. The minimum atomic E-state index is -0.105. The van der Waals surface area contributed by atoms with E-state index in [-0.39, 0.29) is 5.91 Å². The van der Waals surface area contributed by atoms with Crippen LogP contribution >= 0.6 is 0 Å². The molecule has 0 N–H and O–H groups in total. The number of hydrogen-bond donors (Lipinski definition) is 0. The maximum atomic E-state index is 13.1. The molecule has 1 amide bonds. The molecule has 0 saturated carbocycles. The van der Waals surface area contributed by atoms with E-state index in [0.717, 1.165) is 34.0 Å². The molecule has 0 aliphatic rings. The molecule has 0 atom stereocenters. The van der Waals surface area contributed by atoms with Crippen LogP contribution in [0.5, 0.6) is 0 Å². The fraction of sp³-hybridized carbons (Fsp3) is 0.160. The number of amides is 1. The summed E-state index contributed by atoms with van der Waals surface area (Å²) in [5.41, 5.74) is 4.74. The van der Waals surface area contributed by atoms with E-state index in [0.29, 0.717) is 13.1 Å². The summed E-state index contributed by atoms with van der Waals surface area (Å²) in [7, 11) is 0. The third kappa shape index (κ3) is 4.80. The van der Waals surface area contributed by atoms with E-state index in [1.54, 1.807) is 29.6 Å². The molecule has 0 fully saturated rings. The zero-order chi connectivity index (χ0) is 21.6. The molecule has 0 unspecified atom stereocenters. The highest BCUT2D eigenvalue weighted by Gasteiger charge is 2.15. The molecule has 0 aliphatic carbocycles. The zero-order valence-electron chi connectivity index (χ0n) is 17.6. The second kappa shape index (κ2) is 9.26. The van der Waals surface area contributed by atoms with Crippen LogP contribution in [-0.2, 0) is 17.9 Å². The lowest BCUT2D eigenvalue weighted by molar-refractivity contribution is -0.127. The Hall–Kier alpha value is -3.93. The van der Waals surface area contributed by atoms with Crippen LogP contribution in [0.1, 0.15) is 28.3 Å². The van der Waals surface area contributed by atoms with Gasteiger partial charge in [0.2, 0.25) is 5.91 Å². The Morgan fingerprint density at radius 1 is 1.06 bits per heavy atom. The molecule has 4 rings (SSSR count). The van der Waals surface area contributed by atoms with Crippen molar-refractivity contribution in [1.29, 1.82) is 0 Å². The lowest BCUT2D eigenvalue weighted by atomic mass is 10.1. The first kappa shape index (κ1) is 20.3. The van der Waals surface area contributed by atoms with Gasteiger partial charge in [0.05, 0.1) is 24.2 Å². The van der Waals surface area contributed by atoms with E-state index in [2.05, 4.69) is 10.1 Å². The molecule has 0 saturated heterocycles. The summed E-state index contributed by atoms with van der Waals surface area (Å²) in [6.07, 6.45) is 8.55. The average molecular weight is 412 g/mol. The molecule has 1 aromatic carbocycles. The SMILES string of the molecule is Cc1nn(-c2ccccc2)c(C)c1/C=C/C(=O)N(Cc1cccnc1)Cc1ccco1. The van der Waals surface area contributed by atoms with Gasteiger partial charge in [0, 0.05) is 36.3 Å². The number of carbonyl (C=O) groups is 1. The highest BCUT2D eigenvalue weighted by atomic mass is 16.3. The molecule has 0 spiro atoms. The van der Waals surface area contributed by atoms with Gasteiger partial charge in [0.15, 0.2) is 0 Å². The van der Waals surface area contributed by atoms with E-state index in [4.69, 9.17) is 4.42 Å². The summed E-state index contributed by atoms with van der Waals surface area (Å²) in [6.45, 7) is 4.78. The van der Waals surface area contributed by atoms with E-state index in [1.165, 1.54) is 0 Å². The van der Waals surface area contributed by atoms with Gasteiger partial charge in [-0.05, 0) is 55.8 Å².